The number of alkyl halides is 1. The van der Waals surface area contributed by atoms with Gasteiger partial charge in [-0.3, -0.25) is 0 Å². The maximum atomic E-state index is 13.8. The monoisotopic (exact) mass is 344 g/mol. The first-order valence-corrected chi connectivity index (χ1v) is 6.86. The summed E-state index contributed by atoms with van der Waals surface area (Å²) in [6.45, 7) is 1.62. The zero-order chi connectivity index (χ0) is 14.7. The van der Waals surface area contributed by atoms with Gasteiger partial charge in [0.1, 0.15) is 18.1 Å². The molecule has 0 aromatic heterocycles. The number of allylic oxidation sites excluding steroid dienone is 6. The average molecular weight is 345 g/mol. The van der Waals surface area contributed by atoms with Crippen molar-refractivity contribution in [1.82, 2.24) is 0 Å². The van der Waals surface area contributed by atoms with Crippen LogP contribution in [0.3, 0.4) is 0 Å². The molecule has 0 aliphatic heterocycles. The van der Waals surface area contributed by atoms with E-state index < -0.39 is 36.0 Å². The average Bonchev–Trinajstić information content (AvgIpc) is 2.65. The summed E-state index contributed by atoms with van der Waals surface area (Å²) in [6, 6.07) is 0. The molecule has 0 fully saturated rings. The van der Waals surface area contributed by atoms with Crippen molar-refractivity contribution < 1.29 is 17.9 Å². The highest BCUT2D eigenvalue weighted by molar-refractivity contribution is 9.11. The molecule has 4 unspecified atom stereocenters. The number of hydrogen-bond acceptors (Lipinski definition) is 1. The molecular formula is C15H12BrF3O. The van der Waals surface area contributed by atoms with E-state index in [2.05, 4.69) is 27.8 Å². The summed E-state index contributed by atoms with van der Waals surface area (Å²) in [5.74, 6) is 3.07. The molecule has 0 saturated carbocycles. The van der Waals surface area contributed by atoms with Crippen LogP contribution in [0.5, 0.6) is 0 Å². The summed E-state index contributed by atoms with van der Waals surface area (Å²) in [5, 5.41) is 0. The molecule has 0 N–H and O–H groups in total. The lowest BCUT2D eigenvalue weighted by atomic mass is 10.00. The molecule has 0 amide bonds. The highest BCUT2D eigenvalue weighted by Gasteiger charge is 2.29. The molecule has 2 aliphatic rings. The Morgan fingerprint density at radius 1 is 1.30 bits per heavy atom. The quantitative estimate of drug-likeness (QED) is 0.679. The molecule has 0 radical (unpaired) electrons. The minimum atomic E-state index is -1.47. The summed E-state index contributed by atoms with van der Waals surface area (Å²) < 4.78 is 46.0. The van der Waals surface area contributed by atoms with Gasteiger partial charge in [0.15, 0.2) is 5.83 Å². The van der Waals surface area contributed by atoms with E-state index in [1.807, 2.05) is 0 Å². The molecule has 1 nitrogen and oxygen atoms in total. The zero-order valence-corrected chi connectivity index (χ0v) is 12.2. The maximum absolute atomic E-state index is 13.8. The Morgan fingerprint density at radius 3 is 2.80 bits per heavy atom. The van der Waals surface area contributed by atoms with Crippen molar-refractivity contribution in [2.75, 3.05) is 0 Å². The third-order valence-corrected chi connectivity index (χ3v) is 3.67. The Morgan fingerprint density at radius 2 is 2.05 bits per heavy atom. The molecule has 0 spiro atoms. The fraction of sp³-hybridized carbons (Fsp3) is 0.333. The van der Waals surface area contributed by atoms with E-state index in [0.717, 1.165) is 6.08 Å². The smallest absolute Gasteiger partial charge is 0.173 e. The van der Waals surface area contributed by atoms with E-state index in [1.165, 1.54) is 18.2 Å². The molecule has 2 aliphatic carbocycles. The van der Waals surface area contributed by atoms with Gasteiger partial charge in [0.2, 0.25) is 0 Å². The first-order valence-electron chi connectivity index (χ1n) is 6.07. The van der Waals surface area contributed by atoms with Gasteiger partial charge in [-0.15, -0.1) is 0 Å². The molecular weight excluding hydrogens is 333 g/mol. The predicted octanol–water partition coefficient (Wildman–Crippen LogP) is 4.29. The van der Waals surface area contributed by atoms with Gasteiger partial charge in [-0.25, -0.2) is 8.78 Å². The molecule has 0 aromatic rings. The predicted molar refractivity (Wildman–Crippen MR) is 75.0 cm³/mol. The van der Waals surface area contributed by atoms with Crippen molar-refractivity contribution in [2.24, 2.45) is 5.92 Å². The van der Waals surface area contributed by atoms with Gasteiger partial charge in [-0.05, 0) is 46.2 Å². The fourth-order valence-corrected chi connectivity index (χ4v) is 2.20. The number of ether oxygens (including phenoxy) is 1. The molecule has 20 heavy (non-hydrogen) atoms. The van der Waals surface area contributed by atoms with Gasteiger partial charge in [0, 0.05) is 5.92 Å². The van der Waals surface area contributed by atoms with Crippen molar-refractivity contribution in [1.29, 1.82) is 0 Å². The SMILES string of the molecule is CC1C(F)C=C(F)C(Br)=CC1OC1C#CC(F)=CC=C1. The number of hydrogen-bond donors (Lipinski definition) is 0. The highest BCUT2D eigenvalue weighted by atomic mass is 79.9. The minimum absolute atomic E-state index is 0.143. The molecule has 2 rings (SSSR count). The van der Waals surface area contributed by atoms with Crippen LogP contribution in [0.15, 0.2) is 46.5 Å². The standard InChI is InChI=1S/C15H12BrF3O/c1-9-13(18)8-14(19)12(16)7-15(9)20-11-4-2-3-10(17)5-6-11/h2-4,7-9,11,13,15H,1H3. The van der Waals surface area contributed by atoms with E-state index in [9.17, 15) is 13.2 Å². The van der Waals surface area contributed by atoms with E-state index in [4.69, 9.17) is 4.74 Å². The van der Waals surface area contributed by atoms with E-state index in [0.29, 0.717) is 0 Å². The van der Waals surface area contributed by atoms with Gasteiger partial charge in [0.25, 0.3) is 0 Å². The second-order valence-electron chi connectivity index (χ2n) is 4.52. The van der Waals surface area contributed by atoms with Crippen LogP contribution in [0.25, 0.3) is 0 Å². The Labute approximate surface area is 124 Å². The van der Waals surface area contributed by atoms with Gasteiger partial charge >= 0.3 is 0 Å². The molecule has 0 saturated heterocycles. The second-order valence-corrected chi connectivity index (χ2v) is 5.38. The van der Waals surface area contributed by atoms with Gasteiger partial charge in [-0.1, -0.05) is 18.9 Å². The second kappa shape index (κ2) is 6.47. The fourth-order valence-electron chi connectivity index (χ4n) is 1.81. The zero-order valence-electron chi connectivity index (χ0n) is 10.6. The van der Waals surface area contributed by atoms with Gasteiger partial charge in [0.05, 0.1) is 10.6 Å². The van der Waals surface area contributed by atoms with Crippen LogP contribution in [0, 0.1) is 17.8 Å². The van der Waals surface area contributed by atoms with Crippen molar-refractivity contribution >= 4 is 15.9 Å². The molecule has 0 aromatic carbocycles. The molecule has 4 atom stereocenters. The summed E-state index contributed by atoms with van der Waals surface area (Å²) in [6.07, 6.45) is 3.81. The first kappa shape index (κ1) is 15.1. The lowest BCUT2D eigenvalue weighted by Crippen LogP contribution is -2.29. The number of rotatable bonds is 2. The van der Waals surface area contributed by atoms with Crippen molar-refractivity contribution in [2.45, 2.75) is 25.3 Å². The summed E-state index contributed by atoms with van der Waals surface area (Å²) in [7, 11) is 0. The van der Waals surface area contributed by atoms with Crippen LogP contribution in [-0.4, -0.2) is 18.4 Å². The third-order valence-electron chi connectivity index (χ3n) is 3.03. The molecule has 0 heterocycles. The van der Waals surface area contributed by atoms with Crippen molar-refractivity contribution in [3.63, 3.8) is 0 Å². The molecule has 0 bridgehead atoms. The van der Waals surface area contributed by atoms with Crippen LogP contribution in [0.1, 0.15) is 6.92 Å². The topological polar surface area (TPSA) is 9.23 Å². The van der Waals surface area contributed by atoms with Crippen molar-refractivity contribution in [3.05, 3.63) is 46.5 Å². The third kappa shape index (κ3) is 3.65. The van der Waals surface area contributed by atoms with E-state index in [1.54, 1.807) is 13.0 Å². The lowest BCUT2D eigenvalue weighted by molar-refractivity contribution is 0.0209. The van der Waals surface area contributed by atoms with E-state index >= 15 is 0 Å². The Hall–Kier alpha value is -1.25. The first-order chi connectivity index (χ1) is 9.47. The summed E-state index contributed by atoms with van der Waals surface area (Å²) in [4.78, 5) is 0. The lowest BCUT2D eigenvalue weighted by Gasteiger charge is -2.23. The minimum Gasteiger partial charge on any atom is -0.354 e. The largest absolute Gasteiger partial charge is 0.354 e. The normalized spacial score (nSPS) is 33.1. The van der Waals surface area contributed by atoms with Crippen LogP contribution in [0.2, 0.25) is 0 Å². The van der Waals surface area contributed by atoms with Crippen LogP contribution in [0.4, 0.5) is 13.2 Å². The molecule has 106 valence electrons. The van der Waals surface area contributed by atoms with Gasteiger partial charge in [-0.2, -0.15) is 4.39 Å². The Kier molecular flexibility index (Phi) is 4.90. The summed E-state index contributed by atoms with van der Waals surface area (Å²) in [5.41, 5.74) is 0. The summed E-state index contributed by atoms with van der Waals surface area (Å²) >= 11 is 3.04. The maximum Gasteiger partial charge on any atom is 0.173 e. The van der Waals surface area contributed by atoms with Crippen LogP contribution < -0.4 is 0 Å². The van der Waals surface area contributed by atoms with Crippen LogP contribution in [-0.2, 0) is 4.74 Å². The van der Waals surface area contributed by atoms with E-state index in [-0.39, 0.29) is 4.48 Å². The number of halogens is 4. The highest BCUT2D eigenvalue weighted by Crippen LogP contribution is 2.31. The van der Waals surface area contributed by atoms with Crippen LogP contribution >= 0.6 is 15.9 Å². The Balaban J connectivity index is 2.17. The van der Waals surface area contributed by atoms with Gasteiger partial charge < -0.3 is 4.74 Å². The molecule has 5 heteroatoms. The van der Waals surface area contributed by atoms with Crippen molar-refractivity contribution in [3.8, 4) is 11.8 Å². The Bertz CT molecular complexity index is 565.